The van der Waals surface area contributed by atoms with E-state index in [2.05, 4.69) is 10.1 Å². The van der Waals surface area contributed by atoms with E-state index >= 15 is 0 Å². The first-order chi connectivity index (χ1) is 7.56. The van der Waals surface area contributed by atoms with E-state index in [0.717, 1.165) is 5.75 Å². The van der Waals surface area contributed by atoms with Gasteiger partial charge in [0, 0.05) is 0 Å². The number of nitrogens with two attached hydrogens (primary N) is 1. The number of nitrogens with one attached hydrogen (secondary N) is 1. The number of esters is 1. The van der Waals surface area contributed by atoms with Gasteiger partial charge in [-0.15, -0.1) is 12.4 Å². The highest BCUT2D eigenvalue weighted by Gasteiger charge is 2.23. The second-order valence-electron chi connectivity index (χ2n) is 3.15. The van der Waals surface area contributed by atoms with E-state index in [4.69, 9.17) is 10.8 Å². The Hall–Kier alpha value is -0.500. The van der Waals surface area contributed by atoms with Crippen molar-refractivity contribution in [2.24, 2.45) is 5.73 Å². The molecule has 0 aromatic rings. The maximum Gasteiger partial charge on any atom is 0.330 e. The van der Waals surface area contributed by atoms with Crippen LogP contribution < -0.4 is 11.1 Å². The molecular formula is C9H19ClN2O4S. The van der Waals surface area contributed by atoms with Crippen LogP contribution in [0.3, 0.4) is 0 Å². The van der Waals surface area contributed by atoms with Gasteiger partial charge in [0.1, 0.15) is 0 Å². The van der Waals surface area contributed by atoms with E-state index in [9.17, 15) is 9.59 Å². The van der Waals surface area contributed by atoms with E-state index in [-0.39, 0.29) is 12.4 Å². The second kappa shape index (κ2) is 10.6. The third-order valence-electron chi connectivity index (χ3n) is 1.95. The summed E-state index contributed by atoms with van der Waals surface area (Å²) in [6.07, 6.45) is 2.43. The minimum atomic E-state index is -1.04. The maximum atomic E-state index is 11.5. The lowest BCUT2D eigenvalue weighted by Gasteiger charge is -2.17. The Morgan fingerprint density at radius 3 is 2.53 bits per heavy atom. The molecule has 0 bridgehead atoms. The molecule has 0 rings (SSSR count). The van der Waals surface area contributed by atoms with Gasteiger partial charge in [-0.25, -0.2) is 4.79 Å². The minimum absolute atomic E-state index is 0. The molecule has 2 atom stereocenters. The van der Waals surface area contributed by atoms with Crippen molar-refractivity contribution >= 4 is 36.0 Å². The van der Waals surface area contributed by atoms with Crippen LogP contribution in [0.15, 0.2) is 0 Å². The van der Waals surface area contributed by atoms with Gasteiger partial charge < -0.3 is 20.9 Å². The largest absolute Gasteiger partial charge is 0.467 e. The summed E-state index contributed by atoms with van der Waals surface area (Å²) < 4.78 is 4.41. The van der Waals surface area contributed by atoms with Crippen molar-refractivity contribution in [2.45, 2.75) is 18.5 Å². The predicted octanol–water partition coefficient (Wildman–Crippen LogP) is -0.861. The van der Waals surface area contributed by atoms with Crippen LogP contribution in [-0.2, 0) is 14.3 Å². The third kappa shape index (κ3) is 7.43. The molecule has 0 heterocycles. The first kappa shape index (κ1) is 18.9. The van der Waals surface area contributed by atoms with Gasteiger partial charge >= 0.3 is 5.97 Å². The summed E-state index contributed by atoms with van der Waals surface area (Å²) in [7, 11) is 1.19. The standard InChI is InChI=1S/C9H18N2O4S.ClH/c1-15-9(14)7(5-12)11-8(13)6(10)3-4-16-2;/h6-7,12H,3-5,10H2,1-2H3,(H,11,13);1H/t6-,7-;/m0./s1. The fourth-order valence-electron chi connectivity index (χ4n) is 0.976. The summed E-state index contributed by atoms with van der Waals surface area (Å²) in [5.74, 6) is -0.386. The van der Waals surface area contributed by atoms with Gasteiger partial charge in [-0.1, -0.05) is 0 Å². The number of carbonyl (C=O) groups is 2. The van der Waals surface area contributed by atoms with Gasteiger partial charge in [0.25, 0.3) is 0 Å². The van der Waals surface area contributed by atoms with Crippen molar-refractivity contribution in [3.05, 3.63) is 0 Å². The summed E-state index contributed by atoms with van der Waals surface area (Å²) in [6, 6.07) is -1.72. The zero-order valence-electron chi connectivity index (χ0n) is 9.84. The molecule has 0 radical (unpaired) electrons. The molecule has 17 heavy (non-hydrogen) atoms. The van der Waals surface area contributed by atoms with Crippen molar-refractivity contribution in [1.82, 2.24) is 5.32 Å². The average molecular weight is 287 g/mol. The Morgan fingerprint density at radius 1 is 1.53 bits per heavy atom. The first-order valence-corrected chi connectivity index (χ1v) is 6.19. The Balaban J connectivity index is 0. The van der Waals surface area contributed by atoms with Crippen LogP contribution in [0, 0.1) is 0 Å². The maximum absolute atomic E-state index is 11.5. The SMILES string of the molecule is COC(=O)[C@H](CO)NC(=O)[C@@H](N)CCSC.Cl. The molecule has 0 fully saturated rings. The molecule has 6 nitrogen and oxygen atoms in total. The summed E-state index contributed by atoms with van der Waals surface area (Å²) >= 11 is 1.58. The Labute approximate surface area is 111 Å². The van der Waals surface area contributed by atoms with E-state index in [0.29, 0.717) is 6.42 Å². The van der Waals surface area contributed by atoms with Gasteiger partial charge in [-0.05, 0) is 18.4 Å². The van der Waals surface area contributed by atoms with Crippen LogP contribution in [0.4, 0.5) is 0 Å². The van der Waals surface area contributed by atoms with Crippen molar-refractivity contribution in [3.63, 3.8) is 0 Å². The van der Waals surface area contributed by atoms with Crippen molar-refractivity contribution in [1.29, 1.82) is 0 Å². The minimum Gasteiger partial charge on any atom is -0.467 e. The monoisotopic (exact) mass is 286 g/mol. The van der Waals surface area contributed by atoms with Crippen molar-refractivity contribution in [2.75, 3.05) is 25.7 Å². The molecule has 0 unspecified atom stereocenters. The van der Waals surface area contributed by atoms with Gasteiger partial charge in [0.05, 0.1) is 19.8 Å². The molecule has 102 valence electrons. The van der Waals surface area contributed by atoms with Crippen LogP contribution in [0.25, 0.3) is 0 Å². The Bertz CT molecular complexity index is 243. The molecule has 0 aromatic carbocycles. The smallest absolute Gasteiger partial charge is 0.330 e. The highest BCUT2D eigenvalue weighted by molar-refractivity contribution is 7.98. The molecule has 0 saturated heterocycles. The molecule has 1 amide bonds. The number of hydrogen-bond donors (Lipinski definition) is 3. The molecule has 0 saturated carbocycles. The zero-order valence-corrected chi connectivity index (χ0v) is 11.5. The van der Waals surface area contributed by atoms with E-state index in [1.807, 2.05) is 6.26 Å². The lowest BCUT2D eigenvalue weighted by Crippen LogP contribution is -2.50. The highest BCUT2D eigenvalue weighted by Crippen LogP contribution is 1.99. The number of methoxy groups -OCH3 is 1. The number of aliphatic hydroxyl groups is 1. The van der Waals surface area contributed by atoms with E-state index in [1.165, 1.54) is 7.11 Å². The number of halogens is 1. The number of amides is 1. The second-order valence-corrected chi connectivity index (χ2v) is 4.14. The molecule has 0 aliphatic heterocycles. The van der Waals surface area contributed by atoms with Gasteiger partial charge in [0.15, 0.2) is 6.04 Å². The van der Waals surface area contributed by atoms with E-state index in [1.54, 1.807) is 11.8 Å². The first-order valence-electron chi connectivity index (χ1n) is 4.80. The zero-order chi connectivity index (χ0) is 12.6. The average Bonchev–Trinajstić information content (AvgIpc) is 2.31. The molecule has 0 aliphatic carbocycles. The predicted molar refractivity (Wildman–Crippen MR) is 69.3 cm³/mol. The summed E-state index contributed by atoms with van der Waals surface area (Å²) in [6.45, 7) is -0.506. The molecule has 0 spiro atoms. The number of rotatable bonds is 7. The summed E-state index contributed by atoms with van der Waals surface area (Å²) in [5.41, 5.74) is 5.59. The summed E-state index contributed by atoms with van der Waals surface area (Å²) in [5, 5.41) is 11.2. The lowest BCUT2D eigenvalue weighted by molar-refractivity contribution is -0.146. The van der Waals surface area contributed by atoms with Crippen molar-refractivity contribution < 1.29 is 19.4 Å². The van der Waals surface area contributed by atoms with Crippen LogP contribution in [0.2, 0.25) is 0 Å². The van der Waals surface area contributed by atoms with Crippen LogP contribution in [0.1, 0.15) is 6.42 Å². The Kier molecular flexibility index (Phi) is 11.8. The number of thioether (sulfide) groups is 1. The molecule has 4 N–H and O–H groups in total. The quantitative estimate of drug-likeness (QED) is 0.527. The number of carbonyl (C=O) groups excluding carboxylic acids is 2. The third-order valence-corrected chi connectivity index (χ3v) is 2.60. The lowest BCUT2D eigenvalue weighted by atomic mass is 10.2. The fourth-order valence-corrected chi connectivity index (χ4v) is 1.47. The van der Waals surface area contributed by atoms with Crippen LogP contribution in [-0.4, -0.2) is 54.8 Å². The van der Waals surface area contributed by atoms with Crippen LogP contribution in [0.5, 0.6) is 0 Å². The molecule has 8 heteroatoms. The van der Waals surface area contributed by atoms with Crippen molar-refractivity contribution in [3.8, 4) is 0 Å². The van der Waals surface area contributed by atoms with E-state index < -0.39 is 30.6 Å². The van der Waals surface area contributed by atoms with Gasteiger partial charge in [-0.2, -0.15) is 11.8 Å². The number of hydrogen-bond acceptors (Lipinski definition) is 6. The topological polar surface area (TPSA) is 102 Å². The fraction of sp³-hybridized carbons (Fsp3) is 0.778. The van der Waals surface area contributed by atoms with Gasteiger partial charge in [-0.3, -0.25) is 4.79 Å². The van der Waals surface area contributed by atoms with Crippen LogP contribution >= 0.6 is 24.2 Å². The highest BCUT2D eigenvalue weighted by atomic mass is 35.5. The number of ether oxygens (including phenoxy) is 1. The molecular weight excluding hydrogens is 268 g/mol. The molecule has 0 aliphatic rings. The summed E-state index contributed by atoms with van der Waals surface area (Å²) in [4.78, 5) is 22.5. The normalized spacial score (nSPS) is 13.2. The Morgan fingerprint density at radius 2 is 2.12 bits per heavy atom. The molecule has 0 aromatic heterocycles. The van der Waals surface area contributed by atoms with Gasteiger partial charge in [0.2, 0.25) is 5.91 Å². The number of aliphatic hydroxyl groups excluding tert-OH is 1.